The van der Waals surface area contributed by atoms with Crippen LogP contribution in [0.4, 0.5) is 0 Å². The summed E-state index contributed by atoms with van der Waals surface area (Å²) in [5.74, 6) is 0.998. The van der Waals surface area contributed by atoms with Crippen LogP contribution in [0.1, 0.15) is 37.7 Å². The van der Waals surface area contributed by atoms with Crippen molar-refractivity contribution in [3.8, 4) is 6.07 Å². The van der Waals surface area contributed by atoms with Crippen molar-refractivity contribution in [3.05, 3.63) is 48.0 Å². The highest BCUT2D eigenvalue weighted by Gasteiger charge is 2.47. The standard InChI is InChI=1S/C22H27NO3/c23-10-4-5-11-26-19-13-17-14-22(25)20(21(17)15-19)9-8-18(24)12-16-6-2-1-3-7-16/h1-3,6-9,17,19-22,25H,4-5,11-15H2/t17-,19?,20-,21+,22-/m0/s1. The van der Waals surface area contributed by atoms with Crippen LogP contribution < -0.4 is 0 Å². The van der Waals surface area contributed by atoms with Crippen molar-refractivity contribution in [2.24, 2.45) is 17.8 Å². The van der Waals surface area contributed by atoms with Gasteiger partial charge in [-0.15, -0.1) is 0 Å². The molecular formula is C22H27NO3. The number of nitriles is 1. The van der Waals surface area contributed by atoms with E-state index in [1.54, 1.807) is 6.08 Å². The molecule has 1 unspecified atom stereocenters. The molecule has 0 aliphatic heterocycles. The third-order valence-corrected chi connectivity index (χ3v) is 5.70. The fourth-order valence-corrected chi connectivity index (χ4v) is 4.48. The second-order valence-corrected chi connectivity index (χ2v) is 7.52. The highest BCUT2D eigenvalue weighted by atomic mass is 16.5. The summed E-state index contributed by atoms with van der Waals surface area (Å²) in [6.07, 6.45) is 7.90. The van der Waals surface area contributed by atoms with E-state index in [4.69, 9.17) is 10.00 Å². The summed E-state index contributed by atoms with van der Waals surface area (Å²) in [4.78, 5) is 12.2. The Balaban J connectivity index is 1.51. The van der Waals surface area contributed by atoms with E-state index in [1.807, 2.05) is 36.4 Å². The molecule has 4 nitrogen and oxygen atoms in total. The van der Waals surface area contributed by atoms with Crippen molar-refractivity contribution in [1.82, 2.24) is 0 Å². The number of allylic oxidation sites excluding steroid dienone is 1. The molecule has 3 rings (SSSR count). The Kier molecular flexibility index (Phi) is 6.60. The number of carbonyl (C=O) groups is 1. The normalized spacial score (nSPS) is 30.4. The first-order valence-corrected chi connectivity index (χ1v) is 9.59. The zero-order chi connectivity index (χ0) is 18.4. The molecule has 4 heteroatoms. The molecule has 0 aromatic heterocycles. The number of ketones is 1. The number of fused-ring (bicyclic) bond motifs is 1. The molecule has 0 radical (unpaired) electrons. The molecule has 1 aromatic carbocycles. The molecule has 5 atom stereocenters. The van der Waals surface area contributed by atoms with E-state index in [-0.39, 0.29) is 23.9 Å². The number of hydrogen-bond acceptors (Lipinski definition) is 4. The second-order valence-electron chi connectivity index (χ2n) is 7.52. The maximum absolute atomic E-state index is 12.2. The molecule has 0 bridgehead atoms. The average molecular weight is 353 g/mol. The molecule has 2 saturated carbocycles. The molecule has 2 aliphatic rings. The number of ether oxygens (including phenoxy) is 1. The van der Waals surface area contributed by atoms with Crippen LogP contribution in [0.25, 0.3) is 0 Å². The van der Waals surface area contributed by atoms with Crippen molar-refractivity contribution in [1.29, 1.82) is 5.26 Å². The van der Waals surface area contributed by atoms with Gasteiger partial charge in [0.05, 0.1) is 18.3 Å². The van der Waals surface area contributed by atoms with Crippen molar-refractivity contribution in [2.45, 2.75) is 50.7 Å². The number of aliphatic hydroxyl groups is 1. The van der Waals surface area contributed by atoms with Crippen LogP contribution in [0.15, 0.2) is 42.5 Å². The van der Waals surface area contributed by atoms with Crippen LogP contribution in [0, 0.1) is 29.1 Å². The lowest BCUT2D eigenvalue weighted by Gasteiger charge is -2.19. The largest absolute Gasteiger partial charge is 0.392 e. The zero-order valence-electron chi connectivity index (χ0n) is 15.1. The van der Waals surface area contributed by atoms with E-state index in [9.17, 15) is 9.90 Å². The molecule has 138 valence electrons. The van der Waals surface area contributed by atoms with Gasteiger partial charge in [-0.25, -0.2) is 0 Å². The summed E-state index contributed by atoms with van der Waals surface area (Å²) in [5, 5.41) is 19.0. The average Bonchev–Trinajstić information content (AvgIpc) is 3.14. The van der Waals surface area contributed by atoms with Gasteiger partial charge in [0.2, 0.25) is 0 Å². The van der Waals surface area contributed by atoms with Gasteiger partial charge >= 0.3 is 0 Å². The summed E-state index contributed by atoms with van der Waals surface area (Å²) in [6.45, 7) is 0.635. The first-order chi connectivity index (χ1) is 12.7. The van der Waals surface area contributed by atoms with Crippen LogP contribution in [0.5, 0.6) is 0 Å². The lowest BCUT2D eigenvalue weighted by atomic mass is 9.90. The number of aliphatic hydroxyl groups excluding tert-OH is 1. The number of hydrogen-bond donors (Lipinski definition) is 1. The predicted molar refractivity (Wildman–Crippen MR) is 99.2 cm³/mol. The highest BCUT2D eigenvalue weighted by Crippen LogP contribution is 2.49. The Morgan fingerprint density at radius 1 is 1.27 bits per heavy atom. The van der Waals surface area contributed by atoms with Gasteiger partial charge in [-0.3, -0.25) is 4.79 Å². The lowest BCUT2D eigenvalue weighted by Crippen LogP contribution is -2.20. The van der Waals surface area contributed by atoms with Gasteiger partial charge in [-0.1, -0.05) is 36.4 Å². The summed E-state index contributed by atoms with van der Waals surface area (Å²) in [6, 6.07) is 11.9. The Bertz CT molecular complexity index is 664. The van der Waals surface area contributed by atoms with E-state index >= 15 is 0 Å². The molecule has 0 heterocycles. The molecular weight excluding hydrogens is 326 g/mol. The predicted octanol–water partition coefficient (Wildman–Crippen LogP) is 3.45. The Morgan fingerprint density at radius 3 is 2.85 bits per heavy atom. The minimum absolute atomic E-state index is 0.0485. The molecule has 1 aromatic rings. The summed E-state index contributed by atoms with van der Waals surface area (Å²) in [7, 11) is 0. The topological polar surface area (TPSA) is 70.3 Å². The van der Waals surface area contributed by atoms with E-state index in [0.717, 1.165) is 31.2 Å². The maximum atomic E-state index is 12.2. The van der Waals surface area contributed by atoms with Gasteiger partial charge in [0.15, 0.2) is 5.78 Å². The van der Waals surface area contributed by atoms with Crippen LogP contribution in [-0.2, 0) is 16.0 Å². The van der Waals surface area contributed by atoms with E-state index < -0.39 is 0 Å². The van der Waals surface area contributed by atoms with Crippen LogP contribution in [-0.4, -0.2) is 29.7 Å². The van der Waals surface area contributed by atoms with Crippen molar-refractivity contribution in [2.75, 3.05) is 6.61 Å². The fourth-order valence-electron chi connectivity index (χ4n) is 4.48. The van der Waals surface area contributed by atoms with Crippen molar-refractivity contribution < 1.29 is 14.6 Å². The Labute approximate surface area is 155 Å². The minimum atomic E-state index is -0.356. The number of rotatable bonds is 8. The number of carbonyl (C=O) groups excluding carboxylic acids is 1. The monoisotopic (exact) mass is 353 g/mol. The van der Waals surface area contributed by atoms with Crippen LogP contribution in [0.2, 0.25) is 0 Å². The molecule has 0 spiro atoms. The number of nitrogens with zero attached hydrogens (tertiary/aromatic N) is 1. The van der Waals surface area contributed by atoms with Gasteiger partial charge < -0.3 is 9.84 Å². The van der Waals surface area contributed by atoms with E-state index in [0.29, 0.717) is 31.3 Å². The first kappa shape index (κ1) is 18.8. The van der Waals surface area contributed by atoms with Gasteiger partial charge in [0.1, 0.15) is 0 Å². The van der Waals surface area contributed by atoms with E-state index in [1.165, 1.54) is 0 Å². The summed E-state index contributed by atoms with van der Waals surface area (Å²) in [5.41, 5.74) is 1.01. The summed E-state index contributed by atoms with van der Waals surface area (Å²) < 4.78 is 5.91. The second kappa shape index (κ2) is 9.12. The third kappa shape index (κ3) is 4.81. The Hall–Kier alpha value is -1.96. The molecule has 0 saturated heterocycles. The maximum Gasteiger partial charge on any atom is 0.159 e. The van der Waals surface area contributed by atoms with E-state index in [2.05, 4.69) is 6.07 Å². The zero-order valence-corrected chi connectivity index (χ0v) is 15.1. The summed E-state index contributed by atoms with van der Waals surface area (Å²) >= 11 is 0. The van der Waals surface area contributed by atoms with Crippen molar-refractivity contribution >= 4 is 5.78 Å². The van der Waals surface area contributed by atoms with Crippen molar-refractivity contribution in [3.63, 3.8) is 0 Å². The lowest BCUT2D eigenvalue weighted by molar-refractivity contribution is -0.114. The molecule has 1 N–H and O–H groups in total. The van der Waals surface area contributed by atoms with Crippen LogP contribution in [0.3, 0.4) is 0 Å². The van der Waals surface area contributed by atoms with Crippen LogP contribution >= 0.6 is 0 Å². The highest BCUT2D eigenvalue weighted by molar-refractivity contribution is 5.91. The molecule has 0 amide bonds. The third-order valence-electron chi connectivity index (χ3n) is 5.70. The SMILES string of the molecule is N#CCCCOC1C[C@H]2C[C@H](O)[C@@H](C=CC(=O)Cc3ccccc3)[C@@H]2C1. The first-order valence-electron chi connectivity index (χ1n) is 9.59. The number of benzene rings is 1. The smallest absolute Gasteiger partial charge is 0.159 e. The van der Waals surface area contributed by atoms with Gasteiger partial charge in [0, 0.05) is 25.4 Å². The number of unbranched alkanes of at least 4 members (excludes halogenated alkanes) is 1. The molecule has 2 fully saturated rings. The van der Waals surface area contributed by atoms with Gasteiger partial charge in [0.25, 0.3) is 0 Å². The molecule has 2 aliphatic carbocycles. The fraction of sp³-hybridized carbons (Fsp3) is 0.545. The minimum Gasteiger partial charge on any atom is -0.392 e. The van der Waals surface area contributed by atoms with Gasteiger partial charge in [-0.05, 0) is 49.2 Å². The molecule has 26 heavy (non-hydrogen) atoms. The Morgan fingerprint density at radius 2 is 2.08 bits per heavy atom. The quantitative estimate of drug-likeness (QED) is 0.574. The van der Waals surface area contributed by atoms with Gasteiger partial charge in [-0.2, -0.15) is 5.26 Å².